The van der Waals surface area contributed by atoms with Gasteiger partial charge in [0, 0.05) is 75.3 Å². The summed E-state index contributed by atoms with van der Waals surface area (Å²) >= 11 is 0. The van der Waals surface area contributed by atoms with Gasteiger partial charge in [0.05, 0.1) is 6.20 Å². The molecule has 246 valence electrons. The Morgan fingerprint density at radius 2 is 1.68 bits per heavy atom. The fourth-order valence-corrected chi connectivity index (χ4v) is 6.68. The van der Waals surface area contributed by atoms with Crippen molar-refractivity contribution in [3.05, 3.63) is 83.3 Å². The van der Waals surface area contributed by atoms with Crippen LogP contribution in [0.3, 0.4) is 0 Å². The Balaban J connectivity index is 0.000000373. The van der Waals surface area contributed by atoms with Crippen molar-refractivity contribution in [3.8, 4) is 11.3 Å². The number of hydrogen-bond acceptors (Lipinski definition) is 9. The molecule has 3 aliphatic rings. The van der Waals surface area contributed by atoms with Gasteiger partial charge in [-0.1, -0.05) is 36.9 Å². The van der Waals surface area contributed by atoms with E-state index >= 15 is 0 Å². The molecule has 3 fully saturated rings. The van der Waals surface area contributed by atoms with Gasteiger partial charge in [0.2, 0.25) is 11.9 Å². The van der Waals surface area contributed by atoms with Gasteiger partial charge in [0.1, 0.15) is 11.2 Å². The van der Waals surface area contributed by atoms with Crippen LogP contribution in [0.25, 0.3) is 22.4 Å². The third-order valence-corrected chi connectivity index (χ3v) is 9.40. The van der Waals surface area contributed by atoms with Crippen LogP contribution >= 0.6 is 0 Å². The maximum Gasteiger partial charge on any atom is 0.276 e. The molecule has 2 aromatic heterocycles. The summed E-state index contributed by atoms with van der Waals surface area (Å²) in [6.45, 7) is 14.3. The fourth-order valence-electron chi connectivity index (χ4n) is 6.68. The van der Waals surface area contributed by atoms with E-state index in [2.05, 4.69) is 78.7 Å². The van der Waals surface area contributed by atoms with Crippen molar-refractivity contribution in [1.82, 2.24) is 34.6 Å². The van der Waals surface area contributed by atoms with Crippen LogP contribution in [0.4, 0.5) is 17.3 Å². The maximum absolute atomic E-state index is 12.7. The van der Waals surface area contributed by atoms with Crippen LogP contribution in [-0.4, -0.2) is 106 Å². The molecule has 2 N–H and O–H groups in total. The molecule has 0 saturated carbocycles. The summed E-state index contributed by atoms with van der Waals surface area (Å²) in [6, 6.07) is 16.5. The predicted octanol–water partition coefficient (Wildman–Crippen LogP) is 4.44. The van der Waals surface area contributed by atoms with Crippen molar-refractivity contribution in [2.45, 2.75) is 38.6 Å². The molecule has 0 atom stereocenters. The molecular formula is C36H45N9O2. The average Bonchev–Trinajstić information content (AvgIpc) is 3.64. The first kappa shape index (κ1) is 32.3. The number of hydrogen-bond donors (Lipinski definition) is 2. The van der Waals surface area contributed by atoms with E-state index in [0.29, 0.717) is 28.8 Å². The van der Waals surface area contributed by atoms with Gasteiger partial charge in [0.15, 0.2) is 5.65 Å². The zero-order valence-corrected chi connectivity index (χ0v) is 27.5. The number of aromatic nitrogens is 4. The lowest BCUT2D eigenvalue weighted by Crippen LogP contribution is -2.52. The number of likely N-dealkylation sites (tertiary alicyclic amines) is 1. The van der Waals surface area contributed by atoms with E-state index in [1.54, 1.807) is 6.20 Å². The monoisotopic (exact) mass is 635 g/mol. The number of H-pyrrole nitrogens is 1. The largest absolute Gasteiger partial charge is 0.371 e. The van der Waals surface area contributed by atoms with Crippen LogP contribution in [-0.2, 0) is 4.79 Å². The minimum Gasteiger partial charge on any atom is -0.371 e. The molecule has 0 bridgehead atoms. The molecule has 11 heteroatoms. The van der Waals surface area contributed by atoms with Gasteiger partial charge < -0.3 is 25.0 Å². The van der Waals surface area contributed by atoms with E-state index in [0.717, 1.165) is 50.3 Å². The second-order valence-corrected chi connectivity index (χ2v) is 12.6. The van der Waals surface area contributed by atoms with Crippen LogP contribution in [0.1, 0.15) is 31.2 Å². The third-order valence-electron chi connectivity index (χ3n) is 9.40. The normalized spacial score (nSPS) is 17.7. The Labute approximate surface area is 276 Å². The number of rotatable bonds is 6. The molecule has 1 amide bonds. The van der Waals surface area contributed by atoms with Crippen molar-refractivity contribution in [2.24, 2.45) is 0 Å². The SMILES string of the molecule is C=CC(=O)N1CCCC1.Cc1cc(Nc2ncc3nc(-c4ccccc4)c(=O)[nH]c3n2)ccc1N1CCC(N2CCN(C)CC2)CC1. The van der Waals surface area contributed by atoms with E-state index in [9.17, 15) is 9.59 Å². The lowest BCUT2D eigenvalue weighted by molar-refractivity contribution is -0.124. The molecular weight excluding hydrogens is 590 g/mol. The topological polar surface area (TPSA) is 114 Å². The van der Waals surface area contributed by atoms with Crippen LogP contribution in [0, 0.1) is 6.92 Å². The Kier molecular flexibility index (Phi) is 10.2. The summed E-state index contributed by atoms with van der Waals surface area (Å²) in [7, 11) is 2.22. The summed E-state index contributed by atoms with van der Waals surface area (Å²) in [5.41, 5.74) is 5.21. The molecule has 5 heterocycles. The number of piperidine rings is 1. The van der Waals surface area contributed by atoms with Gasteiger partial charge in [-0.3, -0.25) is 14.5 Å². The number of likely N-dealkylation sites (N-methyl/N-ethyl adjacent to an activating group) is 1. The number of piperazine rings is 1. The Bertz CT molecular complexity index is 1740. The highest BCUT2D eigenvalue weighted by atomic mass is 16.2. The van der Waals surface area contributed by atoms with E-state index in [4.69, 9.17) is 0 Å². The van der Waals surface area contributed by atoms with Crippen LogP contribution in [0.5, 0.6) is 0 Å². The number of amides is 1. The molecule has 0 radical (unpaired) electrons. The second-order valence-electron chi connectivity index (χ2n) is 12.6. The first-order chi connectivity index (χ1) is 22.9. The fraction of sp³-hybridized carbons (Fsp3) is 0.417. The molecule has 11 nitrogen and oxygen atoms in total. The van der Waals surface area contributed by atoms with Gasteiger partial charge in [-0.05, 0) is 69.5 Å². The number of aryl methyl sites for hydroxylation is 1. The summed E-state index contributed by atoms with van der Waals surface area (Å²) in [6.07, 6.45) is 7.75. The summed E-state index contributed by atoms with van der Waals surface area (Å²) in [5.74, 6) is 0.495. The highest BCUT2D eigenvalue weighted by Gasteiger charge is 2.27. The maximum atomic E-state index is 12.7. The first-order valence-electron chi connectivity index (χ1n) is 16.7. The van der Waals surface area contributed by atoms with E-state index < -0.39 is 0 Å². The van der Waals surface area contributed by atoms with E-state index in [1.165, 1.54) is 56.3 Å². The van der Waals surface area contributed by atoms with Crippen molar-refractivity contribution in [3.63, 3.8) is 0 Å². The zero-order valence-electron chi connectivity index (χ0n) is 27.5. The van der Waals surface area contributed by atoms with Crippen molar-refractivity contribution >= 4 is 34.4 Å². The Morgan fingerprint density at radius 3 is 2.36 bits per heavy atom. The van der Waals surface area contributed by atoms with Crippen molar-refractivity contribution < 1.29 is 4.79 Å². The minimum atomic E-state index is -0.273. The van der Waals surface area contributed by atoms with Gasteiger partial charge in [-0.25, -0.2) is 9.97 Å². The Morgan fingerprint density at radius 1 is 0.957 bits per heavy atom. The summed E-state index contributed by atoms with van der Waals surface area (Å²) in [4.78, 5) is 49.2. The van der Waals surface area contributed by atoms with Gasteiger partial charge >= 0.3 is 0 Å². The summed E-state index contributed by atoms with van der Waals surface area (Å²) < 4.78 is 0. The van der Waals surface area contributed by atoms with Gasteiger partial charge in [-0.2, -0.15) is 4.98 Å². The highest BCUT2D eigenvalue weighted by molar-refractivity contribution is 5.87. The third kappa shape index (κ3) is 7.86. The quantitative estimate of drug-likeness (QED) is 0.297. The van der Waals surface area contributed by atoms with E-state index in [1.807, 2.05) is 35.2 Å². The summed E-state index contributed by atoms with van der Waals surface area (Å²) in [5, 5.41) is 3.29. The second kappa shape index (κ2) is 14.9. The molecule has 0 aliphatic carbocycles. The van der Waals surface area contributed by atoms with Crippen molar-refractivity contribution in [1.29, 1.82) is 0 Å². The number of aromatic amines is 1. The average molecular weight is 636 g/mol. The Hall–Kier alpha value is -4.61. The number of nitrogens with zero attached hydrogens (tertiary/aromatic N) is 7. The van der Waals surface area contributed by atoms with E-state index in [-0.39, 0.29) is 11.5 Å². The lowest BCUT2D eigenvalue weighted by atomic mass is 10.0. The molecule has 3 saturated heterocycles. The van der Waals surface area contributed by atoms with Gasteiger partial charge in [0.25, 0.3) is 5.56 Å². The standard InChI is InChI=1S/C29H34N8O.C7H11NO/c1-20-18-22(8-9-25(20)37-12-10-23(11-13-37)36-16-14-35(2)15-17-36)31-29-30-19-24-27(34-29)33-28(38)26(32-24)21-6-4-3-5-7-21;1-2-7(9)8-5-3-4-6-8/h3-9,18-19,23H,10-17H2,1-2H3,(H2,30,31,33,34,38);2H,1,3-6H2. The highest BCUT2D eigenvalue weighted by Crippen LogP contribution is 2.29. The van der Waals surface area contributed by atoms with Gasteiger partial charge in [-0.15, -0.1) is 0 Å². The molecule has 3 aliphatic heterocycles. The number of carbonyl (C=O) groups is 1. The number of anilines is 3. The van der Waals surface area contributed by atoms with Crippen LogP contribution in [0.2, 0.25) is 0 Å². The first-order valence-corrected chi connectivity index (χ1v) is 16.7. The molecule has 7 rings (SSSR count). The minimum absolute atomic E-state index is 0.0764. The van der Waals surface area contributed by atoms with Crippen LogP contribution in [0.15, 0.2) is 72.2 Å². The number of benzene rings is 2. The molecule has 0 spiro atoms. The molecule has 2 aromatic carbocycles. The zero-order chi connectivity index (χ0) is 32.8. The smallest absolute Gasteiger partial charge is 0.276 e. The number of fused-ring (bicyclic) bond motifs is 1. The number of nitrogens with one attached hydrogen (secondary N) is 2. The number of carbonyl (C=O) groups excluding carboxylic acids is 1. The molecule has 4 aromatic rings. The lowest BCUT2D eigenvalue weighted by Gasteiger charge is -2.43. The predicted molar refractivity (Wildman–Crippen MR) is 188 cm³/mol. The van der Waals surface area contributed by atoms with Crippen molar-refractivity contribution in [2.75, 3.05) is 69.6 Å². The molecule has 47 heavy (non-hydrogen) atoms. The molecule has 0 unspecified atom stereocenters. The van der Waals surface area contributed by atoms with Crippen LogP contribution < -0.4 is 15.8 Å².